The lowest BCUT2D eigenvalue weighted by Crippen LogP contribution is -2.16. The molecule has 0 heterocycles. The lowest BCUT2D eigenvalue weighted by molar-refractivity contribution is -0.396. The smallest absolute Gasteiger partial charge is 0.269 e. The van der Waals surface area contributed by atoms with Crippen molar-refractivity contribution in [2.75, 3.05) is 4.72 Å². The highest BCUT2D eigenvalue weighted by atomic mass is 35.5. The second-order valence-corrected chi connectivity index (χ2v) is 17.9. The summed E-state index contributed by atoms with van der Waals surface area (Å²) >= 11 is 6.44. The van der Waals surface area contributed by atoms with Crippen molar-refractivity contribution >= 4 is 39.0 Å². The molecule has 0 amide bonds. The van der Waals surface area contributed by atoms with E-state index in [1.165, 1.54) is 161 Å². The minimum absolute atomic E-state index is 0.0368. The first-order valence-corrected chi connectivity index (χ1v) is 24.7. The molecule has 0 aliphatic carbocycles. The minimum Gasteiger partial charge on any atom is -0.269 e. The first-order chi connectivity index (χ1) is 27.0. The molecule has 0 bridgehead atoms. The number of hydrogen-bond acceptors (Lipinski definition) is 6. The molecule has 0 spiro atoms. The summed E-state index contributed by atoms with van der Waals surface area (Å²) in [6.07, 6.45) is 40.4. The van der Waals surface area contributed by atoms with Gasteiger partial charge in [-0.15, -0.1) is 0 Å². The van der Waals surface area contributed by atoms with Crippen LogP contribution in [0.1, 0.15) is 249 Å². The van der Waals surface area contributed by atoms with Crippen LogP contribution in [0.25, 0.3) is 0 Å². The minimum atomic E-state index is -4.90. The zero-order chi connectivity index (χ0) is 41.4. The van der Waals surface area contributed by atoms with E-state index in [1.54, 1.807) is 4.72 Å². The molecular formula is C44H80ClN3O7S. The summed E-state index contributed by atoms with van der Waals surface area (Å²) in [4.78, 5) is 23.5. The molecule has 56 heavy (non-hydrogen) atoms. The first kappa shape index (κ1) is 52.0. The van der Waals surface area contributed by atoms with Crippen molar-refractivity contribution in [1.29, 1.82) is 0 Å². The Labute approximate surface area is 346 Å². The van der Waals surface area contributed by atoms with E-state index in [0.29, 0.717) is 12.8 Å². The molecule has 0 radical (unpaired) electrons. The van der Waals surface area contributed by atoms with Crippen molar-refractivity contribution in [1.82, 2.24) is 0 Å². The summed E-state index contributed by atoms with van der Waals surface area (Å²) in [5.41, 5.74) is -1.90. The van der Waals surface area contributed by atoms with E-state index in [2.05, 4.69) is 13.8 Å². The van der Waals surface area contributed by atoms with Crippen molar-refractivity contribution < 1.29 is 22.8 Å². The van der Waals surface area contributed by atoms with E-state index in [9.17, 15) is 33.2 Å². The van der Waals surface area contributed by atoms with Crippen LogP contribution in [0.15, 0.2) is 0 Å². The topological polar surface area (TPSA) is 153 Å². The summed E-state index contributed by atoms with van der Waals surface area (Å²) in [5.74, 6) is -0.481. The summed E-state index contributed by atoms with van der Waals surface area (Å²) in [7, 11) is -4.90. The van der Waals surface area contributed by atoms with Gasteiger partial charge in [-0.25, -0.2) is 0 Å². The van der Waals surface area contributed by atoms with Crippen LogP contribution in [-0.4, -0.2) is 22.8 Å². The van der Waals surface area contributed by atoms with Gasteiger partial charge in [-0.05, 0) is 25.7 Å². The summed E-state index contributed by atoms with van der Waals surface area (Å²) in [6.45, 7) is 5.81. The maximum absolute atomic E-state index is 12.5. The molecule has 0 saturated heterocycles. The van der Waals surface area contributed by atoms with E-state index >= 15 is 0 Å². The molecule has 1 aromatic carbocycles. The number of nitro benzene ring substituents is 2. The highest BCUT2D eigenvalue weighted by molar-refractivity contribution is 7.87. The molecule has 10 nitrogen and oxygen atoms in total. The van der Waals surface area contributed by atoms with Crippen LogP contribution in [0.3, 0.4) is 0 Å². The third-order valence-corrected chi connectivity index (χ3v) is 12.3. The molecule has 0 aromatic heterocycles. The van der Waals surface area contributed by atoms with Gasteiger partial charge >= 0.3 is 10.3 Å². The van der Waals surface area contributed by atoms with Crippen LogP contribution in [0.5, 0.6) is 0 Å². The highest BCUT2D eigenvalue weighted by Gasteiger charge is 2.39. The van der Waals surface area contributed by atoms with Crippen molar-refractivity contribution in [3.63, 3.8) is 0 Å². The number of nitrogens with zero attached hydrogens (tertiary/aromatic N) is 2. The van der Waals surface area contributed by atoms with E-state index in [-0.39, 0.29) is 11.1 Å². The van der Waals surface area contributed by atoms with Crippen LogP contribution in [0.2, 0.25) is 5.02 Å². The Morgan fingerprint density at radius 1 is 0.536 bits per heavy atom. The molecule has 0 saturated carbocycles. The third-order valence-electron chi connectivity index (χ3n) is 11.5. The van der Waals surface area contributed by atoms with Crippen molar-refractivity contribution in [3.8, 4) is 0 Å². The molecule has 1 aromatic rings. The van der Waals surface area contributed by atoms with Gasteiger partial charge in [-0.2, -0.15) is 8.42 Å². The number of hydrogen-bond donors (Lipinski definition) is 2. The molecule has 0 aliphatic heterocycles. The van der Waals surface area contributed by atoms with Gasteiger partial charge in [0.25, 0.3) is 11.4 Å². The zero-order valence-electron chi connectivity index (χ0n) is 35.7. The van der Waals surface area contributed by atoms with Crippen molar-refractivity contribution in [2.24, 2.45) is 0 Å². The van der Waals surface area contributed by atoms with E-state index < -0.39 is 48.2 Å². The molecular weight excluding hydrogens is 750 g/mol. The van der Waals surface area contributed by atoms with Gasteiger partial charge in [0.2, 0.25) is 0 Å². The monoisotopic (exact) mass is 830 g/mol. The van der Waals surface area contributed by atoms with Crippen LogP contribution >= 0.6 is 11.6 Å². The Morgan fingerprint density at radius 3 is 1.05 bits per heavy atom. The fourth-order valence-electron chi connectivity index (χ4n) is 8.20. The van der Waals surface area contributed by atoms with Crippen LogP contribution in [0, 0.1) is 27.2 Å². The van der Waals surface area contributed by atoms with Gasteiger partial charge in [0.05, 0.1) is 21.1 Å². The average Bonchev–Trinajstić information content (AvgIpc) is 3.14. The predicted octanol–water partition coefficient (Wildman–Crippen LogP) is 16.1. The SMILES string of the molecule is CCCCCCCCCCCCCCCCCCC(CCCCCCCCCCCCCCCCCC)c1c([N+](=O)[O-])c(C)c(NS(=O)(=O)O)c(Cl)c1[N+](=O)[O-]. The summed E-state index contributed by atoms with van der Waals surface area (Å²) < 4.78 is 34.6. The Hall–Kier alpha value is -1.98. The Bertz CT molecular complexity index is 1230. The molecule has 1 rings (SSSR count). The van der Waals surface area contributed by atoms with Crippen LogP contribution in [-0.2, 0) is 10.3 Å². The lowest BCUT2D eigenvalue weighted by Gasteiger charge is -2.21. The average molecular weight is 831 g/mol. The van der Waals surface area contributed by atoms with Crippen molar-refractivity contribution in [2.45, 2.75) is 245 Å². The Balaban J connectivity index is 2.73. The maximum Gasteiger partial charge on any atom is 0.357 e. The molecule has 12 heteroatoms. The van der Waals surface area contributed by atoms with Crippen LogP contribution < -0.4 is 4.72 Å². The van der Waals surface area contributed by atoms with E-state index in [1.807, 2.05) is 0 Å². The van der Waals surface area contributed by atoms with Gasteiger partial charge in [0.1, 0.15) is 10.6 Å². The standard InChI is InChI=1S/C44H80ClN3O7S/c1-4-6-8-10-12-14-16-18-20-22-24-26-28-30-32-34-36-39(37-35-33-31-29-27-25-23-21-19-17-15-13-11-9-7-5-2)40-43(47(49)50)38(3)42(46-56(53,54)55)41(45)44(40)48(51)52/h39,46H,4-37H2,1-3H3,(H,53,54,55). The molecule has 2 N–H and O–H groups in total. The van der Waals surface area contributed by atoms with Crippen molar-refractivity contribution in [3.05, 3.63) is 36.4 Å². The van der Waals surface area contributed by atoms with Gasteiger partial charge < -0.3 is 0 Å². The fourth-order valence-corrected chi connectivity index (χ4v) is 9.12. The number of anilines is 1. The first-order valence-electron chi connectivity index (χ1n) is 22.9. The predicted molar refractivity (Wildman–Crippen MR) is 236 cm³/mol. The lowest BCUT2D eigenvalue weighted by atomic mass is 9.84. The fraction of sp³-hybridized carbons (Fsp3) is 0.864. The van der Waals surface area contributed by atoms with E-state index in [0.717, 1.165) is 51.4 Å². The Morgan fingerprint density at radius 2 is 0.804 bits per heavy atom. The number of unbranched alkanes of at least 4 members (excludes halogenated alkanes) is 30. The molecule has 326 valence electrons. The normalized spacial score (nSPS) is 11.8. The molecule has 0 atom stereocenters. The Kier molecular flexibility index (Phi) is 30.6. The van der Waals surface area contributed by atoms with Gasteiger partial charge in [-0.3, -0.25) is 29.5 Å². The quantitative estimate of drug-likeness (QED) is 0.0290. The summed E-state index contributed by atoms with van der Waals surface area (Å²) in [5, 5.41) is 24.4. The highest BCUT2D eigenvalue weighted by Crippen LogP contribution is 2.50. The largest absolute Gasteiger partial charge is 0.357 e. The van der Waals surface area contributed by atoms with Gasteiger partial charge in [-0.1, -0.05) is 231 Å². The molecule has 0 aliphatic rings. The second kappa shape index (κ2) is 32.9. The number of halogens is 1. The van der Waals surface area contributed by atoms with E-state index in [4.69, 9.17) is 11.6 Å². The number of nitrogens with one attached hydrogen (secondary N) is 1. The van der Waals surface area contributed by atoms with Gasteiger partial charge in [0, 0.05) is 0 Å². The number of rotatable bonds is 39. The summed E-state index contributed by atoms with van der Waals surface area (Å²) in [6, 6.07) is 0. The van der Waals surface area contributed by atoms with Gasteiger partial charge in [0.15, 0.2) is 0 Å². The molecule has 0 fully saturated rings. The zero-order valence-corrected chi connectivity index (χ0v) is 37.3. The second-order valence-electron chi connectivity index (χ2n) is 16.4. The maximum atomic E-state index is 12.5. The number of nitro groups is 2. The third kappa shape index (κ3) is 24.1. The number of benzene rings is 1. The van der Waals surface area contributed by atoms with Crippen LogP contribution in [0.4, 0.5) is 17.1 Å². The molecule has 0 unspecified atom stereocenters.